The number of carboxylic acids is 1. The van der Waals surface area contributed by atoms with E-state index < -0.39 is 10.9 Å². The number of benzene rings is 1. The van der Waals surface area contributed by atoms with Crippen molar-refractivity contribution in [2.75, 3.05) is 18.0 Å². The molecule has 108 valence electrons. The Labute approximate surface area is 115 Å². The fraction of sp³-hybridized carbons (Fsp3) is 0.462. The third-order valence-electron chi connectivity index (χ3n) is 3.60. The number of hydrogen-bond donors (Lipinski definition) is 2. The van der Waals surface area contributed by atoms with Crippen molar-refractivity contribution < 1.29 is 19.9 Å². The highest BCUT2D eigenvalue weighted by Crippen LogP contribution is 2.32. The number of carbonyl (C=O) groups is 1. The number of aliphatic hydroxyl groups is 1. The monoisotopic (exact) mass is 280 g/mol. The predicted octanol–water partition coefficient (Wildman–Crippen LogP) is 1.56. The molecule has 0 spiro atoms. The summed E-state index contributed by atoms with van der Waals surface area (Å²) in [7, 11) is 0. The molecule has 1 aromatic carbocycles. The summed E-state index contributed by atoms with van der Waals surface area (Å²) in [5.41, 5.74) is 0.731. The third kappa shape index (κ3) is 2.72. The van der Waals surface area contributed by atoms with E-state index in [-0.39, 0.29) is 17.4 Å². The van der Waals surface area contributed by atoms with E-state index in [2.05, 4.69) is 0 Å². The van der Waals surface area contributed by atoms with E-state index in [0.717, 1.165) is 6.07 Å². The Bertz CT molecular complexity index is 550. The molecule has 1 fully saturated rings. The Balaban J connectivity index is 2.45. The van der Waals surface area contributed by atoms with E-state index in [9.17, 15) is 20.0 Å². The van der Waals surface area contributed by atoms with E-state index in [0.29, 0.717) is 37.2 Å². The molecule has 1 saturated heterocycles. The Hall–Kier alpha value is -2.15. The lowest BCUT2D eigenvalue weighted by Crippen LogP contribution is -2.36. The van der Waals surface area contributed by atoms with E-state index in [4.69, 9.17) is 5.11 Å². The molecule has 0 aliphatic carbocycles. The Morgan fingerprint density at radius 2 is 2.00 bits per heavy atom. The van der Waals surface area contributed by atoms with Gasteiger partial charge in [-0.2, -0.15) is 0 Å². The van der Waals surface area contributed by atoms with Gasteiger partial charge in [-0.25, -0.2) is 4.79 Å². The zero-order valence-corrected chi connectivity index (χ0v) is 11.1. The van der Waals surface area contributed by atoms with Crippen LogP contribution in [0.2, 0.25) is 0 Å². The van der Waals surface area contributed by atoms with Gasteiger partial charge in [-0.15, -0.1) is 0 Å². The molecule has 2 N–H and O–H groups in total. The van der Waals surface area contributed by atoms with E-state index in [1.165, 1.54) is 6.07 Å². The van der Waals surface area contributed by atoms with Crippen LogP contribution in [0.4, 0.5) is 11.4 Å². The number of hydrogen-bond acceptors (Lipinski definition) is 5. The molecule has 1 aliphatic rings. The van der Waals surface area contributed by atoms with Crippen LogP contribution in [0.5, 0.6) is 0 Å². The molecule has 0 radical (unpaired) electrons. The molecule has 0 saturated carbocycles. The summed E-state index contributed by atoms with van der Waals surface area (Å²) < 4.78 is 0. The molecule has 7 heteroatoms. The molecular weight excluding hydrogens is 264 g/mol. The Kier molecular flexibility index (Phi) is 3.89. The lowest BCUT2D eigenvalue weighted by Gasteiger charge is -2.32. The second-order valence-corrected chi connectivity index (χ2v) is 4.92. The fourth-order valence-corrected chi connectivity index (χ4v) is 2.43. The van der Waals surface area contributed by atoms with Crippen molar-refractivity contribution in [3.63, 3.8) is 0 Å². The summed E-state index contributed by atoms with van der Waals surface area (Å²) in [6.45, 7) is 2.73. The SMILES string of the molecule is Cc1c(N2CCC(O)CC2)cc(C(=O)O)cc1[N+](=O)[O-]. The summed E-state index contributed by atoms with van der Waals surface area (Å²) in [6, 6.07) is 2.54. The number of rotatable bonds is 3. The molecule has 0 aromatic heterocycles. The van der Waals surface area contributed by atoms with Gasteiger partial charge in [0.2, 0.25) is 0 Å². The van der Waals surface area contributed by atoms with Gasteiger partial charge in [0, 0.05) is 24.8 Å². The van der Waals surface area contributed by atoms with Crippen molar-refractivity contribution in [2.24, 2.45) is 0 Å². The molecule has 0 unspecified atom stereocenters. The fourth-order valence-electron chi connectivity index (χ4n) is 2.43. The molecule has 1 aliphatic heterocycles. The molecule has 1 aromatic rings. The van der Waals surface area contributed by atoms with Gasteiger partial charge in [0.25, 0.3) is 5.69 Å². The number of carboxylic acid groups (broad SMARTS) is 1. The van der Waals surface area contributed by atoms with Crippen LogP contribution >= 0.6 is 0 Å². The highest BCUT2D eigenvalue weighted by Gasteiger charge is 2.24. The summed E-state index contributed by atoms with van der Waals surface area (Å²) >= 11 is 0. The van der Waals surface area contributed by atoms with Gasteiger partial charge in [0.15, 0.2) is 0 Å². The minimum atomic E-state index is -1.19. The van der Waals surface area contributed by atoms with Crippen molar-refractivity contribution in [2.45, 2.75) is 25.9 Å². The highest BCUT2D eigenvalue weighted by atomic mass is 16.6. The summed E-state index contributed by atoms with van der Waals surface area (Å²) in [4.78, 5) is 23.5. The van der Waals surface area contributed by atoms with E-state index in [1.807, 2.05) is 4.90 Å². The van der Waals surface area contributed by atoms with E-state index in [1.54, 1.807) is 6.92 Å². The average molecular weight is 280 g/mol. The molecule has 1 heterocycles. The quantitative estimate of drug-likeness (QED) is 0.643. The topological polar surface area (TPSA) is 104 Å². The third-order valence-corrected chi connectivity index (χ3v) is 3.60. The first-order valence-corrected chi connectivity index (χ1v) is 6.35. The summed E-state index contributed by atoms with van der Waals surface area (Å²) in [5.74, 6) is -1.19. The van der Waals surface area contributed by atoms with Crippen LogP contribution in [0.15, 0.2) is 12.1 Å². The van der Waals surface area contributed by atoms with Gasteiger partial charge in [0.1, 0.15) is 0 Å². The minimum absolute atomic E-state index is 0.0941. The molecule has 20 heavy (non-hydrogen) atoms. The van der Waals surface area contributed by atoms with Crippen LogP contribution < -0.4 is 4.90 Å². The molecular formula is C13H16N2O5. The zero-order valence-electron chi connectivity index (χ0n) is 11.1. The van der Waals surface area contributed by atoms with Gasteiger partial charge < -0.3 is 15.1 Å². The first-order valence-electron chi connectivity index (χ1n) is 6.35. The number of aromatic carboxylic acids is 1. The zero-order chi connectivity index (χ0) is 14.9. The van der Waals surface area contributed by atoms with Crippen LogP contribution in [0, 0.1) is 17.0 Å². The number of nitrogens with zero attached hydrogens (tertiary/aromatic N) is 2. The van der Waals surface area contributed by atoms with Crippen molar-refractivity contribution in [3.05, 3.63) is 33.4 Å². The van der Waals surface area contributed by atoms with Gasteiger partial charge in [-0.05, 0) is 25.8 Å². The van der Waals surface area contributed by atoms with E-state index >= 15 is 0 Å². The number of anilines is 1. The lowest BCUT2D eigenvalue weighted by atomic mass is 10.0. The first-order chi connectivity index (χ1) is 9.40. The Morgan fingerprint density at radius 1 is 1.40 bits per heavy atom. The summed E-state index contributed by atoms with van der Waals surface area (Å²) in [6.07, 6.45) is 0.791. The maximum absolute atomic E-state index is 11.1. The van der Waals surface area contributed by atoms with Crippen LogP contribution in [-0.4, -0.2) is 40.3 Å². The summed E-state index contributed by atoms with van der Waals surface area (Å²) in [5, 5.41) is 29.6. The lowest BCUT2D eigenvalue weighted by molar-refractivity contribution is -0.385. The second kappa shape index (κ2) is 5.46. The van der Waals surface area contributed by atoms with Crippen molar-refractivity contribution in [1.82, 2.24) is 0 Å². The normalized spacial score (nSPS) is 16.2. The molecule has 0 bridgehead atoms. The predicted molar refractivity (Wildman–Crippen MR) is 72.2 cm³/mol. The minimum Gasteiger partial charge on any atom is -0.478 e. The second-order valence-electron chi connectivity index (χ2n) is 4.92. The van der Waals surface area contributed by atoms with Gasteiger partial charge >= 0.3 is 5.97 Å². The van der Waals surface area contributed by atoms with Crippen molar-refractivity contribution in [3.8, 4) is 0 Å². The highest BCUT2D eigenvalue weighted by molar-refractivity contribution is 5.90. The standard InChI is InChI=1S/C13H16N2O5/c1-8-11(14-4-2-10(16)3-5-14)6-9(13(17)18)7-12(8)15(19)20/h6-7,10,16H,2-5H2,1H3,(H,17,18). The van der Waals surface area contributed by atoms with Gasteiger partial charge in [-0.3, -0.25) is 10.1 Å². The van der Waals surface area contributed by atoms with Crippen molar-refractivity contribution >= 4 is 17.3 Å². The number of nitro groups is 1. The van der Waals surface area contributed by atoms with Crippen LogP contribution in [0.3, 0.4) is 0 Å². The molecule has 7 nitrogen and oxygen atoms in total. The maximum atomic E-state index is 11.1. The molecule has 0 amide bonds. The van der Waals surface area contributed by atoms with Crippen LogP contribution in [-0.2, 0) is 0 Å². The van der Waals surface area contributed by atoms with Crippen LogP contribution in [0.1, 0.15) is 28.8 Å². The number of nitro benzene ring substituents is 1. The Morgan fingerprint density at radius 3 is 2.50 bits per heavy atom. The van der Waals surface area contributed by atoms with Gasteiger partial charge in [-0.1, -0.05) is 0 Å². The molecule has 2 rings (SSSR count). The van der Waals surface area contributed by atoms with Crippen molar-refractivity contribution in [1.29, 1.82) is 0 Å². The largest absolute Gasteiger partial charge is 0.478 e. The first kappa shape index (κ1) is 14.3. The number of aliphatic hydroxyl groups excluding tert-OH is 1. The molecule has 0 atom stereocenters. The number of piperidine rings is 1. The average Bonchev–Trinajstić information content (AvgIpc) is 2.39. The smallest absolute Gasteiger partial charge is 0.336 e. The van der Waals surface area contributed by atoms with Gasteiger partial charge in [0.05, 0.1) is 22.2 Å². The van der Waals surface area contributed by atoms with Crippen LogP contribution in [0.25, 0.3) is 0 Å². The maximum Gasteiger partial charge on any atom is 0.336 e.